The molecule has 1 unspecified atom stereocenters. The predicted octanol–water partition coefficient (Wildman–Crippen LogP) is 1.21. The van der Waals surface area contributed by atoms with Gasteiger partial charge in [-0.05, 0) is 36.9 Å². The molecular weight excluding hydrogens is 246 g/mol. The standard InChI is InChI=1S/C14H23NO4/c1-17-12-7-6-11(5-4-10(8-15)9-16)13(18-2)14(12)19-3/h6-7,10,16H,4-5,8-9,15H2,1-3H3. The van der Waals surface area contributed by atoms with Crippen LogP contribution in [0.5, 0.6) is 17.2 Å². The van der Waals surface area contributed by atoms with Gasteiger partial charge in [-0.25, -0.2) is 0 Å². The summed E-state index contributed by atoms with van der Waals surface area (Å²) in [5.41, 5.74) is 6.60. The van der Waals surface area contributed by atoms with E-state index >= 15 is 0 Å². The van der Waals surface area contributed by atoms with Crippen molar-refractivity contribution < 1.29 is 19.3 Å². The number of benzene rings is 1. The summed E-state index contributed by atoms with van der Waals surface area (Å²) in [7, 11) is 4.78. The lowest BCUT2D eigenvalue weighted by Crippen LogP contribution is -2.18. The second-order valence-electron chi connectivity index (χ2n) is 4.32. The third kappa shape index (κ3) is 3.75. The van der Waals surface area contributed by atoms with Gasteiger partial charge in [-0.15, -0.1) is 0 Å². The molecule has 0 bridgehead atoms. The van der Waals surface area contributed by atoms with Crippen molar-refractivity contribution in [1.29, 1.82) is 0 Å². The highest BCUT2D eigenvalue weighted by Crippen LogP contribution is 2.40. The van der Waals surface area contributed by atoms with Crippen LogP contribution in [0.4, 0.5) is 0 Å². The molecule has 0 fully saturated rings. The first-order chi connectivity index (χ1) is 9.21. The molecule has 1 rings (SSSR count). The van der Waals surface area contributed by atoms with Gasteiger partial charge in [-0.1, -0.05) is 6.07 Å². The summed E-state index contributed by atoms with van der Waals surface area (Å²) in [6, 6.07) is 3.80. The molecule has 5 nitrogen and oxygen atoms in total. The van der Waals surface area contributed by atoms with Crippen molar-refractivity contribution in [3.05, 3.63) is 17.7 Å². The van der Waals surface area contributed by atoms with E-state index in [0.29, 0.717) is 23.8 Å². The van der Waals surface area contributed by atoms with Gasteiger partial charge in [-0.3, -0.25) is 0 Å². The van der Waals surface area contributed by atoms with Gasteiger partial charge in [-0.2, -0.15) is 0 Å². The fraction of sp³-hybridized carbons (Fsp3) is 0.571. The molecule has 1 aromatic rings. The van der Waals surface area contributed by atoms with E-state index in [1.807, 2.05) is 12.1 Å². The Labute approximate surface area is 114 Å². The van der Waals surface area contributed by atoms with E-state index in [4.69, 9.17) is 25.1 Å². The van der Waals surface area contributed by atoms with Crippen molar-refractivity contribution in [3.63, 3.8) is 0 Å². The molecule has 1 aromatic carbocycles. The molecule has 108 valence electrons. The van der Waals surface area contributed by atoms with Crippen molar-refractivity contribution in [1.82, 2.24) is 0 Å². The zero-order valence-corrected chi connectivity index (χ0v) is 11.8. The fourth-order valence-corrected chi connectivity index (χ4v) is 2.00. The monoisotopic (exact) mass is 269 g/mol. The van der Waals surface area contributed by atoms with Crippen LogP contribution in [0, 0.1) is 5.92 Å². The highest BCUT2D eigenvalue weighted by Gasteiger charge is 2.16. The SMILES string of the molecule is COc1ccc(CCC(CN)CO)c(OC)c1OC. The van der Waals surface area contributed by atoms with Crippen LogP contribution in [0.3, 0.4) is 0 Å². The minimum absolute atomic E-state index is 0.103. The van der Waals surface area contributed by atoms with Gasteiger partial charge in [0.1, 0.15) is 0 Å². The molecule has 0 saturated heterocycles. The molecule has 0 amide bonds. The highest BCUT2D eigenvalue weighted by atomic mass is 16.5. The summed E-state index contributed by atoms with van der Waals surface area (Å²) in [5.74, 6) is 2.02. The molecule has 0 heterocycles. The first-order valence-electron chi connectivity index (χ1n) is 6.30. The largest absolute Gasteiger partial charge is 0.493 e. The number of ether oxygens (including phenoxy) is 3. The Morgan fingerprint density at radius 2 is 1.79 bits per heavy atom. The number of aliphatic hydroxyl groups excluding tert-OH is 1. The Kier molecular flexibility index (Phi) is 6.45. The van der Waals surface area contributed by atoms with Gasteiger partial charge in [0.05, 0.1) is 21.3 Å². The summed E-state index contributed by atoms with van der Waals surface area (Å²) in [4.78, 5) is 0. The first-order valence-corrected chi connectivity index (χ1v) is 6.30. The lowest BCUT2D eigenvalue weighted by atomic mass is 9.99. The average Bonchev–Trinajstić information content (AvgIpc) is 2.47. The number of hydrogen-bond donors (Lipinski definition) is 2. The van der Waals surface area contributed by atoms with E-state index in [0.717, 1.165) is 18.4 Å². The summed E-state index contributed by atoms with van der Waals surface area (Å²) in [6.45, 7) is 0.582. The molecular formula is C14H23NO4. The lowest BCUT2D eigenvalue weighted by Gasteiger charge is -2.17. The van der Waals surface area contributed by atoms with E-state index in [9.17, 15) is 0 Å². The third-order valence-electron chi connectivity index (χ3n) is 3.20. The molecule has 19 heavy (non-hydrogen) atoms. The van der Waals surface area contributed by atoms with Crippen LogP contribution in [-0.2, 0) is 6.42 Å². The Bertz CT molecular complexity index is 391. The van der Waals surface area contributed by atoms with Crippen LogP contribution in [-0.4, -0.2) is 39.6 Å². The molecule has 5 heteroatoms. The van der Waals surface area contributed by atoms with Crippen molar-refractivity contribution in [2.45, 2.75) is 12.8 Å². The minimum atomic E-state index is 0.103. The number of aliphatic hydroxyl groups is 1. The van der Waals surface area contributed by atoms with E-state index in [-0.39, 0.29) is 12.5 Å². The van der Waals surface area contributed by atoms with Gasteiger partial charge in [0, 0.05) is 6.61 Å². The molecule has 1 atom stereocenters. The number of methoxy groups -OCH3 is 3. The smallest absolute Gasteiger partial charge is 0.203 e. The molecule has 0 radical (unpaired) electrons. The summed E-state index contributed by atoms with van der Waals surface area (Å²) < 4.78 is 16.0. The highest BCUT2D eigenvalue weighted by molar-refractivity contribution is 5.55. The zero-order chi connectivity index (χ0) is 14.3. The molecule has 0 aliphatic heterocycles. The van der Waals surface area contributed by atoms with Crippen molar-refractivity contribution in [3.8, 4) is 17.2 Å². The molecule has 0 spiro atoms. The maximum absolute atomic E-state index is 9.16. The van der Waals surface area contributed by atoms with Gasteiger partial charge >= 0.3 is 0 Å². The maximum Gasteiger partial charge on any atom is 0.203 e. The summed E-state index contributed by atoms with van der Waals surface area (Å²) in [5, 5.41) is 9.16. The van der Waals surface area contributed by atoms with E-state index < -0.39 is 0 Å². The maximum atomic E-state index is 9.16. The van der Waals surface area contributed by atoms with E-state index in [1.54, 1.807) is 21.3 Å². The summed E-state index contributed by atoms with van der Waals surface area (Å²) in [6.07, 6.45) is 1.57. The average molecular weight is 269 g/mol. The van der Waals surface area contributed by atoms with Crippen molar-refractivity contribution in [2.75, 3.05) is 34.5 Å². The summed E-state index contributed by atoms with van der Waals surface area (Å²) >= 11 is 0. The van der Waals surface area contributed by atoms with Crippen LogP contribution >= 0.6 is 0 Å². The van der Waals surface area contributed by atoms with Crippen LogP contribution in [0.1, 0.15) is 12.0 Å². The Morgan fingerprint density at radius 3 is 2.26 bits per heavy atom. The Balaban J connectivity index is 2.94. The number of nitrogens with two attached hydrogens (primary N) is 1. The normalized spacial score (nSPS) is 12.1. The zero-order valence-electron chi connectivity index (χ0n) is 11.8. The Hall–Kier alpha value is -1.46. The number of rotatable bonds is 8. The second-order valence-corrected chi connectivity index (χ2v) is 4.32. The van der Waals surface area contributed by atoms with Gasteiger partial charge in [0.25, 0.3) is 0 Å². The Morgan fingerprint density at radius 1 is 1.11 bits per heavy atom. The second kappa shape index (κ2) is 7.86. The van der Waals surface area contributed by atoms with Crippen LogP contribution in [0.15, 0.2) is 12.1 Å². The van der Waals surface area contributed by atoms with Crippen LogP contribution in [0.2, 0.25) is 0 Å². The van der Waals surface area contributed by atoms with E-state index in [1.165, 1.54) is 0 Å². The van der Waals surface area contributed by atoms with Crippen molar-refractivity contribution in [2.24, 2.45) is 11.7 Å². The fourth-order valence-electron chi connectivity index (χ4n) is 2.00. The molecule has 0 aliphatic rings. The van der Waals surface area contributed by atoms with Gasteiger partial charge in [0.2, 0.25) is 5.75 Å². The van der Waals surface area contributed by atoms with Crippen LogP contribution < -0.4 is 19.9 Å². The third-order valence-corrected chi connectivity index (χ3v) is 3.20. The lowest BCUT2D eigenvalue weighted by molar-refractivity contribution is 0.222. The molecule has 0 saturated carbocycles. The van der Waals surface area contributed by atoms with Crippen molar-refractivity contribution >= 4 is 0 Å². The first kappa shape index (κ1) is 15.6. The molecule has 3 N–H and O–H groups in total. The topological polar surface area (TPSA) is 73.9 Å². The minimum Gasteiger partial charge on any atom is -0.493 e. The van der Waals surface area contributed by atoms with E-state index in [2.05, 4.69) is 0 Å². The number of aryl methyl sites for hydroxylation is 1. The molecule has 0 aromatic heterocycles. The quantitative estimate of drug-likeness (QED) is 0.742. The van der Waals surface area contributed by atoms with Gasteiger partial charge in [0.15, 0.2) is 11.5 Å². The molecule has 0 aliphatic carbocycles. The van der Waals surface area contributed by atoms with Crippen LogP contribution in [0.25, 0.3) is 0 Å². The van der Waals surface area contributed by atoms with Gasteiger partial charge < -0.3 is 25.1 Å². The predicted molar refractivity (Wildman–Crippen MR) is 74.0 cm³/mol. The number of hydrogen-bond acceptors (Lipinski definition) is 5.